The van der Waals surface area contributed by atoms with E-state index in [1.54, 1.807) is 6.07 Å². The maximum absolute atomic E-state index is 12.7. The lowest BCUT2D eigenvalue weighted by Crippen LogP contribution is -2.26. The number of guanidine groups is 1. The second kappa shape index (κ2) is 7.36. The Kier molecular flexibility index (Phi) is 5.00. The number of fused-ring (bicyclic) bond motifs is 1. The third kappa shape index (κ3) is 3.98. The molecule has 0 aliphatic heterocycles. The lowest BCUT2D eigenvalue weighted by Gasteiger charge is -2.17. The second-order valence-corrected chi connectivity index (χ2v) is 6.27. The van der Waals surface area contributed by atoms with E-state index in [0.717, 1.165) is 21.9 Å². The molecule has 0 saturated carbocycles. The summed E-state index contributed by atoms with van der Waals surface area (Å²) in [6.07, 6.45) is 0.462. The summed E-state index contributed by atoms with van der Waals surface area (Å²) in [5, 5.41) is 2.70. The molecule has 25 heavy (non-hydrogen) atoms. The Morgan fingerprint density at radius 1 is 1.00 bits per heavy atom. The molecule has 0 aliphatic carbocycles. The monoisotopic (exact) mass is 351 g/mol. The van der Waals surface area contributed by atoms with Crippen LogP contribution in [0.2, 0.25) is 5.02 Å². The average Bonchev–Trinajstić information content (AvgIpc) is 2.59. The van der Waals surface area contributed by atoms with Gasteiger partial charge in [0, 0.05) is 5.02 Å². The van der Waals surface area contributed by atoms with Crippen molar-refractivity contribution in [3.63, 3.8) is 0 Å². The lowest BCUT2D eigenvalue weighted by molar-refractivity contribution is -0.119. The summed E-state index contributed by atoms with van der Waals surface area (Å²) in [5.74, 6) is -1.09. The van der Waals surface area contributed by atoms with Crippen LogP contribution >= 0.6 is 11.6 Å². The summed E-state index contributed by atoms with van der Waals surface area (Å²) in [4.78, 5) is 16.5. The number of nitrogens with two attached hydrogens (primary N) is 2. The highest BCUT2D eigenvalue weighted by molar-refractivity contribution is 6.30. The minimum Gasteiger partial charge on any atom is -0.370 e. The predicted molar refractivity (Wildman–Crippen MR) is 103 cm³/mol. The highest BCUT2D eigenvalue weighted by Gasteiger charge is 2.23. The summed E-state index contributed by atoms with van der Waals surface area (Å²) in [5.41, 5.74) is 12.7. The number of hydrogen-bond acceptors (Lipinski definition) is 1. The summed E-state index contributed by atoms with van der Waals surface area (Å²) in [6.45, 7) is 0. The summed E-state index contributed by atoms with van der Waals surface area (Å²) >= 11 is 6.08. The highest BCUT2D eigenvalue weighted by Crippen LogP contribution is 2.30. The molecule has 0 aromatic heterocycles. The van der Waals surface area contributed by atoms with Gasteiger partial charge in [-0.1, -0.05) is 66.2 Å². The van der Waals surface area contributed by atoms with Crippen LogP contribution in [0.25, 0.3) is 10.8 Å². The van der Waals surface area contributed by atoms with Gasteiger partial charge in [0.15, 0.2) is 5.96 Å². The maximum Gasteiger partial charge on any atom is 0.256 e. The molecule has 1 amide bonds. The molecule has 0 bridgehead atoms. The minimum absolute atomic E-state index is 0.235. The van der Waals surface area contributed by atoms with Gasteiger partial charge in [-0.15, -0.1) is 0 Å². The van der Waals surface area contributed by atoms with E-state index in [-0.39, 0.29) is 11.9 Å². The van der Waals surface area contributed by atoms with E-state index in [0.29, 0.717) is 11.4 Å². The largest absolute Gasteiger partial charge is 0.370 e. The first kappa shape index (κ1) is 17.0. The number of hydrogen-bond donors (Lipinski definition) is 2. The first-order valence-electron chi connectivity index (χ1n) is 7.90. The average molecular weight is 352 g/mol. The SMILES string of the molecule is NC(N)=NC(=O)C(Cc1cccc(Cl)c1)c1cccc2ccccc12. The Labute approximate surface area is 151 Å². The molecule has 1 atom stereocenters. The molecule has 0 aliphatic rings. The maximum atomic E-state index is 12.7. The molecule has 3 rings (SSSR count). The zero-order valence-electron chi connectivity index (χ0n) is 13.5. The fourth-order valence-electron chi connectivity index (χ4n) is 2.99. The molecule has 0 fully saturated rings. The summed E-state index contributed by atoms with van der Waals surface area (Å²) in [7, 11) is 0. The predicted octanol–water partition coefficient (Wildman–Crippen LogP) is 3.62. The van der Waals surface area contributed by atoms with Gasteiger partial charge in [0.05, 0.1) is 5.92 Å². The van der Waals surface area contributed by atoms with E-state index in [1.165, 1.54) is 0 Å². The Balaban J connectivity index is 2.10. The Morgan fingerprint density at radius 2 is 1.72 bits per heavy atom. The van der Waals surface area contributed by atoms with Crippen molar-refractivity contribution in [3.05, 3.63) is 82.9 Å². The minimum atomic E-state index is -0.494. The van der Waals surface area contributed by atoms with E-state index < -0.39 is 5.92 Å². The zero-order chi connectivity index (χ0) is 17.8. The van der Waals surface area contributed by atoms with Crippen LogP contribution in [-0.2, 0) is 11.2 Å². The van der Waals surface area contributed by atoms with Crippen molar-refractivity contribution in [2.24, 2.45) is 16.5 Å². The quantitative estimate of drug-likeness (QED) is 0.556. The van der Waals surface area contributed by atoms with Crippen molar-refractivity contribution in [2.75, 3.05) is 0 Å². The van der Waals surface area contributed by atoms with Gasteiger partial charge in [-0.2, -0.15) is 4.99 Å². The van der Waals surface area contributed by atoms with Crippen LogP contribution < -0.4 is 11.5 Å². The second-order valence-electron chi connectivity index (χ2n) is 5.83. The molecule has 0 spiro atoms. The van der Waals surface area contributed by atoms with Gasteiger partial charge < -0.3 is 11.5 Å². The van der Waals surface area contributed by atoms with Crippen molar-refractivity contribution < 1.29 is 4.79 Å². The zero-order valence-corrected chi connectivity index (χ0v) is 14.3. The third-order valence-electron chi connectivity index (χ3n) is 4.07. The Hall–Kier alpha value is -2.85. The van der Waals surface area contributed by atoms with Crippen LogP contribution in [-0.4, -0.2) is 11.9 Å². The van der Waals surface area contributed by atoms with Crippen molar-refractivity contribution in [1.29, 1.82) is 0 Å². The Bertz CT molecular complexity index is 943. The van der Waals surface area contributed by atoms with Crippen LogP contribution in [0.4, 0.5) is 0 Å². The molecule has 0 heterocycles. The van der Waals surface area contributed by atoms with Crippen LogP contribution in [0, 0.1) is 0 Å². The van der Waals surface area contributed by atoms with Crippen molar-refractivity contribution in [2.45, 2.75) is 12.3 Å². The smallest absolute Gasteiger partial charge is 0.256 e. The highest BCUT2D eigenvalue weighted by atomic mass is 35.5. The fourth-order valence-corrected chi connectivity index (χ4v) is 3.20. The van der Waals surface area contributed by atoms with Crippen LogP contribution in [0.1, 0.15) is 17.0 Å². The van der Waals surface area contributed by atoms with Crippen molar-refractivity contribution >= 4 is 34.2 Å². The number of carbonyl (C=O) groups is 1. The molecule has 5 heteroatoms. The topological polar surface area (TPSA) is 81.5 Å². The van der Waals surface area contributed by atoms with Crippen molar-refractivity contribution in [1.82, 2.24) is 0 Å². The Morgan fingerprint density at radius 3 is 2.48 bits per heavy atom. The molecule has 4 nitrogen and oxygen atoms in total. The number of benzene rings is 3. The first-order chi connectivity index (χ1) is 12.0. The van der Waals surface area contributed by atoms with Gasteiger partial charge >= 0.3 is 0 Å². The molecule has 126 valence electrons. The molecule has 0 saturated heterocycles. The van der Waals surface area contributed by atoms with Gasteiger partial charge in [0.2, 0.25) is 0 Å². The van der Waals surface area contributed by atoms with Gasteiger partial charge in [0.1, 0.15) is 0 Å². The van der Waals surface area contributed by atoms with E-state index in [4.69, 9.17) is 23.1 Å². The van der Waals surface area contributed by atoms with Crippen LogP contribution in [0.3, 0.4) is 0 Å². The van der Waals surface area contributed by atoms with Gasteiger partial charge in [-0.25, -0.2) is 0 Å². The molecule has 0 radical (unpaired) electrons. The molecule has 4 N–H and O–H groups in total. The molecule has 3 aromatic carbocycles. The molecule has 1 unspecified atom stereocenters. The standard InChI is InChI=1S/C20H18ClN3O/c21-15-8-3-5-13(11-15)12-18(19(25)24-20(22)23)17-10-4-7-14-6-1-2-9-16(14)17/h1-11,18H,12H2,(H4,22,23,24,25). The van der Waals surface area contributed by atoms with Crippen LogP contribution in [0.15, 0.2) is 71.7 Å². The molecular formula is C20H18ClN3O. The van der Waals surface area contributed by atoms with E-state index in [9.17, 15) is 4.79 Å². The van der Waals surface area contributed by atoms with E-state index in [1.807, 2.05) is 60.7 Å². The van der Waals surface area contributed by atoms with Gasteiger partial charge in [-0.05, 0) is 40.5 Å². The number of aliphatic imine (C=N–C) groups is 1. The van der Waals surface area contributed by atoms with Crippen LogP contribution in [0.5, 0.6) is 0 Å². The molecular weight excluding hydrogens is 334 g/mol. The normalized spacial score (nSPS) is 11.9. The molecule has 3 aromatic rings. The van der Waals surface area contributed by atoms with Gasteiger partial charge in [0.25, 0.3) is 5.91 Å². The number of amides is 1. The third-order valence-corrected chi connectivity index (χ3v) is 4.30. The first-order valence-corrected chi connectivity index (χ1v) is 8.28. The summed E-state index contributed by atoms with van der Waals surface area (Å²) < 4.78 is 0. The fraction of sp³-hybridized carbons (Fsp3) is 0.100. The number of halogens is 1. The summed E-state index contributed by atoms with van der Waals surface area (Å²) in [6, 6.07) is 21.3. The van der Waals surface area contributed by atoms with E-state index in [2.05, 4.69) is 4.99 Å². The lowest BCUT2D eigenvalue weighted by atomic mass is 9.88. The van der Waals surface area contributed by atoms with E-state index >= 15 is 0 Å². The number of rotatable bonds is 4. The number of carbonyl (C=O) groups excluding carboxylic acids is 1. The number of nitrogens with zero attached hydrogens (tertiary/aromatic N) is 1. The van der Waals surface area contributed by atoms with Gasteiger partial charge in [-0.3, -0.25) is 4.79 Å². The van der Waals surface area contributed by atoms with Crippen molar-refractivity contribution in [3.8, 4) is 0 Å².